The van der Waals surface area contributed by atoms with Gasteiger partial charge >= 0.3 is 0 Å². The minimum atomic E-state index is -0.362. The fourth-order valence-corrected chi connectivity index (χ4v) is 4.70. The molecule has 1 aliphatic heterocycles. The predicted octanol–water partition coefficient (Wildman–Crippen LogP) is 5.92. The van der Waals surface area contributed by atoms with Gasteiger partial charge in [0.15, 0.2) is 0 Å². The summed E-state index contributed by atoms with van der Waals surface area (Å²) in [7, 11) is 0. The van der Waals surface area contributed by atoms with Gasteiger partial charge in [-0.1, -0.05) is 81.2 Å². The molecule has 1 aromatic heterocycles. The number of carbonyl (C=O) groups excluding carboxylic acids is 1. The van der Waals surface area contributed by atoms with Gasteiger partial charge in [-0.3, -0.25) is 4.79 Å². The molecule has 0 atom stereocenters. The number of nitrogens with zero attached hydrogens (tertiary/aromatic N) is 3. The number of piperidine rings is 1. The summed E-state index contributed by atoms with van der Waals surface area (Å²) in [4.78, 5) is 19.7. The molecule has 1 saturated heterocycles. The third-order valence-electron chi connectivity index (χ3n) is 7.03. The van der Waals surface area contributed by atoms with Crippen LogP contribution in [0.4, 0.5) is 0 Å². The second-order valence-electron chi connectivity index (χ2n) is 10.1. The first kappa shape index (κ1) is 28.3. The summed E-state index contributed by atoms with van der Waals surface area (Å²) in [6.07, 6.45) is 22.2. The van der Waals surface area contributed by atoms with E-state index in [2.05, 4.69) is 48.7 Å². The second-order valence-corrected chi connectivity index (χ2v) is 10.1. The molecular formula is C30H43N3O2. The monoisotopic (exact) mass is 477 g/mol. The van der Waals surface area contributed by atoms with Gasteiger partial charge in [0.25, 0.3) is 0 Å². The lowest BCUT2D eigenvalue weighted by atomic mass is 9.74. The zero-order chi connectivity index (χ0) is 25.9. The first-order valence-corrected chi connectivity index (χ1v) is 12.5. The topological polar surface area (TPSA) is 58.4 Å². The molecule has 1 fully saturated rings. The predicted molar refractivity (Wildman–Crippen MR) is 146 cm³/mol. The maximum Gasteiger partial charge on any atom is 0.223 e. The van der Waals surface area contributed by atoms with Crippen molar-refractivity contribution in [3.8, 4) is 0 Å². The van der Waals surface area contributed by atoms with Crippen molar-refractivity contribution in [2.75, 3.05) is 19.7 Å². The number of rotatable bonds is 12. The van der Waals surface area contributed by atoms with Crippen molar-refractivity contribution in [1.29, 1.82) is 0 Å². The second kappa shape index (κ2) is 13.2. The van der Waals surface area contributed by atoms with Crippen LogP contribution in [0.3, 0.4) is 0 Å². The fourth-order valence-electron chi connectivity index (χ4n) is 4.70. The van der Waals surface area contributed by atoms with Crippen molar-refractivity contribution < 1.29 is 9.90 Å². The summed E-state index contributed by atoms with van der Waals surface area (Å²) in [5.41, 5.74) is 2.77. The van der Waals surface area contributed by atoms with Crippen LogP contribution in [-0.2, 0) is 16.8 Å². The Balaban J connectivity index is 2.06. The molecule has 0 spiro atoms. The Morgan fingerprint density at radius 1 is 1.20 bits per heavy atom. The maximum atomic E-state index is 13.3. The van der Waals surface area contributed by atoms with E-state index in [-0.39, 0.29) is 23.3 Å². The van der Waals surface area contributed by atoms with E-state index in [0.717, 1.165) is 30.5 Å². The first-order chi connectivity index (χ1) is 16.7. The maximum absolute atomic E-state index is 13.3. The average Bonchev–Trinajstić information content (AvgIpc) is 3.33. The van der Waals surface area contributed by atoms with Crippen LogP contribution in [-0.4, -0.2) is 45.2 Å². The van der Waals surface area contributed by atoms with E-state index in [1.807, 2.05) is 61.7 Å². The Morgan fingerprint density at radius 3 is 2.49 bits per heavy atom. The summed E-state index contributed by atoms with van der Waals surface area (Å²) < 4.78 is 2.10. The van der Waals surface area contributed by atoms with Gasteiger partial charge in [0.2, 0.25) is 5.91 Å². The normalized spacial score (nSPS) is 17.3. The van der Waals surface area contributed by atoms with E-state index in [9.17, 15) is 9.90 Å². The number of aliphatic hydroxyl groups is 1. The number of hydrogen-bond donors (Lipinski definition) is 1. The third-order valence-corrected chi connectivity index (χ3v) is 7.03. The van der Waals surface area contributed by atoms with Crippen LogP contribution in [0.2, 0.25) is 0 Å². The SMILES string of the molecule is C=C/C=C\C(=C/C)CC1(CO)CCN(C(=O)CC(C)(C)c2cncn2C/C(C=C)=C/C=C\C)CC1. The molecular weight excluding hydrogens is 434 g/mol. The van der Waals surface area contributed by atoms with E-state index in [1.54, 1.807) is 6.08 Å². The van der Waals surface area contributed by atoms with Gasteiger partial charge in [-0.25, -0.2) is 4.98 Å². The lowest BCUT2D eigenvalue weighted by molar-refractivity contribution is -0.135. The largest absolute Gasteiger partial charge is 0.396 e. The molecule has 190 valence electrons. The van der Waals surface area contributed by atoms with Crippen LogP contribution in [0, 0.1) is 5.41 Å². The molecule has 0 saturated carbocycles. The average molecular weight is 478 g/mol. The molecule has 35 heavy (non-hydrogen) atoms. The van der Waals surface area contributed by atoms with Gasteiger partial charge in [0.1, 0.15) is 0 Å². The summed E-state index contributed by atoms with van der Waals surface area (Å²) in [6.45, 7) is 18.0. The standard InChI is InChI=1S/C30H43N3O2/c1-7-11-13-25(9-3)19-30(23-34)15-17-32(18-16-30)28(35)20-29(5,6)27-21-31-24-33(27)22-26(10-4)14-12-8-2/h7-14,21,24,34H,1,4,15-20,22-23H2,2-3,5-6H3/b12-8-,13-11-,25-9+,26-14+. The number of likely N-dealkylation sites (tertiary alicyclic amines) is 1. The Labute approximate surface area is 211 Å². The van der Waals surface area contributed by atoms with E-state index in [0.29, 0.717) is 26.1 Å². The van der Waals surface area contributed by atoms with Gasteiger partial charge in [0.05, 0.1) is 6.33 Å². The molecule has 1 N–H and O–H groups in total. The highest BCUT2D eigenvalue weighted by atomic mass is 16.3. The molecule has 5 heteroatoms. The van der Waals surface area contributed by atoms with Crippen LogP contribution in [0.5, 0.6) is 0 Å². The van der Waals surface area contributed by atoms with Crippen molar-refractivity contribution in [3.63, 3.8) is 0 Å². The molecule has 0 aromatic carbocycles. The van der Waals surface area contributed by atoms with Gasteiger partial charge < -0.3 is 14.6 Å². The van der Waals surface area contributed by atoms with Crippen molar-refractivity contribution in [3.05, 3.63) is 91.1 Å². The number of hydrogen-bond acceptors (Lipinski definition) is 3. The van der Waals surface area contributed by atoms with Gasteiger partial charge in [0, 0.05) is 55.4 Å². The number of aromatic nitrogens is 2. The minimum Gasteiger partial charge on any atom is -0.396 e. The Hall–Kier alpha value is -2.92. The van der Waals surface area contributed by atoms with E-state index in [1.165, 1.54) is 5.57 Å². The number of allylic oxidation sites excluding steroid dienone is 10. The highest BCUT2D eigenvalue weighted by Crippen LogP contribution is 2.38. The highest BCUT2D eigenvalue weighted by molar-refractivity contribution is 5.77. The highest BCUT2D eigenvalue weighted by Gasteiger charge is 2.37. The summed E-state index contributed by atoms with van der Waals surface area (Å²) in [6, 6.07) is 0. The molecule has 1 amide bonds. The molecule has 2 heterocycles. The lowest BCUT2D eigenvalue weighted by Crippen LogP contribution is -2.46. The number of carbonyl (C=O) groups is 1. The fraction of sp³-hybridized carbons (Fsp3) is 0.467. The van der Waals surface area contributed by atoms with Crippen LogP contribution in [0.1, 0.15) is 59.1 Å². The number of amides is 1. The molecule has 2 rings (SSSR count). The summed E-state index contributed by atoms with van der Waals surface area (Å²) in [5, 5.41) is 10.2. The molecule has 0 bridgehead atoms. The quantitative estimate of drug-likeness (QED) is 0.380. The minimum absolute atomic E-state index is 0.130. The van der Waals surface area contributed by atoms with E-state index in [4.69, 9.17) is 0 Å². The van der Waals surface area contributed by atoms with Crippen LogP contribution in [0.15, 0.2) is 85.4 Å². The van der Waals surface area contributed by atoms with Gasteiger partial charge in [-0.2, -0.15) is 0 Å². The third kappa shape index (κ3) is 7.79. The van der Waals surface area contributed by atoms with Crippen LogP contribution in [0.25, 0.3) is 0 Å². The smallest absolute Gasteiger partial charge is 0.223 e. The zero-order valence-electron chi connectivity index (χ0n) is 22.0. The van der Waals surface area contributed by atoms with Crippen molar-refractivity contribution in [2.45, 2.75) is 65.3 Å². The van der Waals surface area contributed by atoms with Crippen LogP contribution >= 0.6 is 0 Å². The molecule has 1 aromatic rings. The molecule has 0 radical (unpaired) electrons. The molecule has 0 aliphatic carbocycles. The van der Waals surface area contributed by atoms with Gasteiger partial charge in [-0.05, 0) is 38.7 Å². The van der Waals surface area contributed by atoms with Crippen LogP contribution < -0.4 is 0 Å². The molecule has 1 aliphatic rings. The summed E-state index contributed by atoms with van der Waals surface area (Å²) >= 11 is 0. The Morgan fingerprint density at radius 2 is 1.91 bits per heavy atom. The van der Waals surface area contributed by atoms with Gasteiger partial charge in [-0.15, -0.1) is 0 Å². The lowest BCUT2D eigenvalue weighted by Gasteiger charge is -2.42. The Kier molecular flexibility index (Phi) is 10.7. The number of imidazole rings is 1. The van der Waals surface area contributed by atoms with E-state index >= 15 is 0 Å². The summed E-state index contributed by atoms with van der Waals surface area (Å²) in [5.74, 6) is 0.153. The van der Waals surface area contributed by atoms with Crippen molar-refractivity contribution >= 4 is 5.91 Å². The molecule has 0 unspecified atom stereocenters. The molecule has 5 nitrogen and oxygen atoms in total. The number of aliphatic hydroxyl groups excluding tert-OH is 1. The van der Waals surface area contributed by atoms with E-state index < -0.39 is 0 Å². The van der Waals surface area contributed by atoms with Crippen molar-refractivity contribution in [2.24, 2.45) is 5.41 Å². The Bertz CT molecular complexity index is 983. The van der Waals surface area contributed by atoms with Crippen molar-refractivity contribution in [1.82, 2.24) is 14.5 Å². The first-order valence-electron chi connectivity index (χ1n) is 12.5. The zero-order valence-corrected chi connectivity index (χ0v) is 22.0.